The molecule has 2 aliphatic rings. The highest BCUT2D eigenvalue weighted by Crippen LogP contribution is 2.23. The number of carbonyl (C=O) groups is 1. The van der Waals surface area contributed by atoms with Crippen LogP contribution in [0.1, 0.15) is 29.6 Å². The maximum absolute atomic E-state index is 12.8. The van der Waals surface area contributed by atoms with Crippen LogP contribution >= 0.6 is 11.6 Å². The molecule has 29 heavy (non-hydrogen) atoms. The first kappa shape index (κ1) is 20.2. The summed E-state index contributed by atoms with van der Waals surface area (Å²) >= 11 is 5.83. The fourth-order valence-electron chi connectivity index (χ4n) is 4.02. The predicted octanol–water partition coefficient (Wildman–Crippen LogP) is 3.45. The number of sulfonamides is 1. The van der Waals surface area contributed by atoms with Crippen LogP contribution in [0.2, 0.25) is 5.02 Å². The normalized spacial score (nSPS) is 20.2. The largest absolute Gasteiger partial charge is 0.337 e. The molecular formula is C21H24ClN3O3S. The van der Waals surface area contributed by atoms with Crippen molar-refractivity contribution in [2.24, 2.45) is 0 Å². The minimum atomic E-state index is -3.73. The minimum Gasteiger partial charge on any atom is -0.337 e. The van der Waals surface area contributed by atoms with Crippen LogP contribution in [0.5, 0.6) is 0 Å². The van der Waals surface area contributed by atoms with Crippen LogP contribution in [0.25, 0.3) is 0 Å². The summed E-state index contributed by atoms with van der Waals surface area (Å²) in [5.74, 6) is -0.0405. The fourth-order valence-corrected chi connectivity index (χ4v) is 5.21. The molecular weight excluding hydrogens is 410 g/mol. The van der Waals surface area contributed by atoms with Gasteiger partial charge in [0.05, 0.1) is 4.90 Å². The van der Waals surface area contributed by atoms with E-state index < -0.39 is 10.0 Å². The van der Waals surface area contributed by atoms with Crippen molar-refractivity contribution in [3.63, 3.8) is 0 Å². The molecule has 0 aliphatic carbocycles. The van der Waals surface area contributed by atoms with Gasteiger partial charge in [-0.3, -0.25) is 14.4 Å². The van der Waals surface area contributed by atoms with Gasteiger partial charge in [0.1, 0.15) is 0 Å². The SMILES string of the molecule is O=C(c1ccc(S(=O)(=O)Nc2ccc(Cl)cc2)cc1)N1CCC(N2CCCC2)C1. The van der Waals surface area contributed by atoms with Crippen molar-refractivity contribution in [2.45, 2.75) is 30.2 Å². The number of likely N-dealkylation sites (tertiary alicyclic amines) is 2. The van der Waals surface area contributed by atoms with Crippen molar-refractivity contribution in [2.75, 3.05) is 30.9 Å². The number of nitrogens with zero attached hydrogens (tertiary/aromatic N) is 2. The standard InChI is InChI=1S/C21H24ClN3O3S/c22-17-5-7-18(8-6-17)23-29(27,28)20-9-3-16(4-10-20)21(26)25-14-11-19(15-25)24-12-1-2-13-24/h3-10,19,23H,1-2,11-15H2. The molecule has 0 spiro atoms. The maximum atomic E-state index is 12.8. The Hall–Kier alpha value is -2.09. The summed E-state index contributed by atoms with van der Waals surface area (Å²) in [5.41, 5.74) is 0.942. The number of benzene rings is 2. The quantitative estimate of drug-likeness (QED) is 0.784. The number of amides is 1. The first-order chi connectivity index (χ1) is 13.9. The number of hydrogen-bond donors (Lipinski definition) is 1. The van der Waals surface area contributed by atoms with Crippen LogP contribution < -0.4 is 4.72 Å². The van der Waals surface area contributed by atoms with Crippen LogP contribution in [0.4, 0.5) is 5.69 Å². The Morgan fingerprint density at radius 2 is 1.62 bits per heavy atom. The second kappa shape index (κ2) is 8.34. The number of hydrogen-bond acceptors (Lipinski definition) is 4. The van der Waals surface area contributed by atoms with Crippen LogP contribution in [-0.4, -0.2) is 56.3 Å². The van der Waals surface area contributed by atoms with Gasteiger partial charge in [-0.2, -0.15) is 0 Å². The van der Waals surface area contributed by atoms with E-state index in [4.69, 9.17) is 11.6 Å². The molecule has 1 atom stereocenters. The third-order valence-electron chi connectivity index (χ3n) is 5.62. The van der Waals surface area contributed by atoms with Crippen molar-refractivity contribution in [3.05, 3.63) is 59.1 Å². The molecule has 1 N–H and O–H groups in total. The topological polar surface area (TPSA) is 69.7 Å². The van der Waals surface area contributed by atoms with Crippen LogP contribution in [0.15, 0.2) is 53.4 Å². The van der Waals surface area contributed by atoms with E-state index in [-0.39, 0.29) is 10.8 Å². The fraction of sp³-hybridized carbons (Fsp3) is 0.381. The van der Waals surface area contributed by atoms with Crippen molar-refractivity contribution < 1.29 is 13.2 Å². The summed E-state index contributed by atoms with van der Waals surface area (Å²) in [6, 6.07) is 13.0. The highest BCUT2D eigenvalue weighted by molar-refractivity contribution is 7.92. The third kappa shape index (κ3) is 4.57. The molecule has 0 saturated carbocycles. The summed E-state index contributed by atoms with van der Waals surface area (Å²) in [4.78, 5) is 17.3. The molecule has 0 aromatic heterocycles. The van der Waals surface area contributed by atoms with Gasteiger partial charge >= 0.3 is 0 Å². The van der Waals surface area contributed by atoms with E-state index in [1.54, 1.807) is 36.4 Å². The first-order valence-corrected chi connectivity index (χ1v) is 11.7. The Bertz CT molecular complexity index is 971. The lowest BCUT2D eigenvalue weighted by molar-refractivity contribution is 0.0780. The average Bonchev–Trinajstić information content (AvgIpc) is 3.41. The zero-order valence-corrected chi connectivity index (χ0v) is 17.6. The van der Waals surface area contributed by atoms with E-state index in [9.17, 15) is 13.2 Å². The van der Waals surface area contributed by atoms with Crippen LogP contribution in [0.3, 0.4) is 0 Å². The Kier molecular flexibility index (Phi) is 5.81. The van der Waals surface area contributed by atoms with Gasteiger partial charge in [-0.15, -0.1) is 0 Å². The van der Waals surface area contributed by atoms with Crippen molar-refractivity contribution >= 4 is 33.2 Å². The summed E-state index contributed by atoms with van der Waals surface area (Å²) in [5, 5.41) is 0.532. The number of anilines is 1. The van der Waals surface area contributed by atoms with Gasteiger partial charge in [-0.05, 0) is 80.9 Å². The van der Waals surface area contributed by atoms with Crippen LogP contribution in [-0.2, 0) is 10.0 Å². The van der Waals surface area contributed by atoms with Gasteiger partial charge in [0.2, 0.25) is 0 Å². The zero-order valence-electron chi connectivity index (χ0n) is 16.1. The van der Waals surface area contributed by atoms with Gasteiger partial charge in [0.25, 0.3) is 15.9 Å². The summed E-state index contributed by atoms with van der Waals surface area (Å²) in [7, 11) is -3.73. The Morgan fingerprint density at radius 3 is 2.28 bits per heavy atom. The van der Waals surface area contributed by atoms with Crippen molar-refractivity contribution in [3.8, 4) is 0 Å². The molecule has 6 nitrogen and oxygen atoms in total. The van der Waals surface area contributed by atoms with E-state index in [1.165, 1.54) is 25.0 Å². The predicted molar refractivity (Wildman–Crippen MR) is 114 cm³/mol. The maximum Gasteiger partial charge on any atom is 0.261 e. The minimum absolute atomic E-state index is 0.0405. The number of rotatable bonds is 5. The van der Waals surface area contributed by atoms with E-state index in [1.807, 2.05) is 4.90 Å². The first-order valence-electron chi connectivity index (χ1n) is 9.84. The van der Waals surface area contributed by atoms with Gasteiger partial charge in [-0.25, -0.2) is 8.42 Å². The third-order valence-corrected chi connectivity index (χ3v) is 7.26. The van der Waals surface area contributed by atoms with E-state index in [0.717, 1.165) is 32.6 Å². The molecule has 2 heterocycles. The summed E-state index contributed by atoms with van der Waals surface area (Å²) in [6.45, 7) is 3.74. The lowest BCUT2D eigenvalue weighted by Crippen LogP contribution is -2.37. The highest BCUT2D eigenvalue weighted by Gasteiger charge is 2.32. The molecule has 1 unspecified atom stereocenters. The highest BCUT2D eigenvalue weighted by atomic mass is 35.5. The molecule has 2 aromatic carbocycles. The van der Waals surface area contributed by atoms with E-state index >= 15 is 0 Å². The molecule has 2 saturated heterocycles. The second-order valence-electron chi connectivity index (χ2n) is 7.57. The Morgan fingerprint density at radius 1 is 0.966 bits per heavy atom. The molecule has 2 aromatic rings. The monoisotopic (exact) mass is 433 g/mol. The molecule has 0 bridgehead atoms. The molecule has 2 fully saturated rings. The van der Waals surface area contributed by atoms with Gasteiger partial charge in [-0.1, -0.05) is 11.6 Å². The molecule has 2 aliphatic heterocycles. The van der Waals surface area contributed by atoms with Crippen molar-refractivity contribution in [1.82, 2.24) is 9.80 Å². The number of halogens is 1. The summed E-state index contributed by atoms with van der Waals surface area (Å²) in [6.07, 6.45) is 3.48. The van der Waals surface area contributed by atoms with E-state index in [0.29, 0.717) is 22.3 Å². The van der Waals surface area contributed by atoms with Gasteiger partial charge in [0, 0.05) is 35.4 Å². The molecule has 1 amide bonds. The second-order valence-corrected chi connectivity index (χ2v) is 9.69. The number of nitrogens with one attached hydrogen (secondary N) is 1. The smallest absolute Gasteiger partial charge is 0.261 e. The molecule has 0 radical (unpaired) electrons. The average molecular weight is 434 g/mol. The van der Waals surface area contributed by atoms with E-state index in [2.05, 4.69) is 9.62 Å². The van der Waals surface area contributed by atoms with Gasteiger partial charge in [0.15, 0.2) is 0 Å². The number of carbonyl (C=O) groups excluding carboxylic acids is 1. The molecule has 8 heteroatoms. The van der Waals surface area contributed by atoms with Crippen LogP contribution in [0, 0.1) is 0 Å². The lowest BCUT2D eigenvalue weighted by Gasteiger charge is -2.23. The van der Waals surface area contributed by atoms with Crippen molar-refractivity contribution in [1.29, 1.82) is 0 Å². The molecule has 154 valence electrons. The Balaban J connectivity index is 1.41. The van der Waals surface area contributed by atoms with Gasteiger partial charge < -0.3 is 4.90 Å². The zero-order chi connectivity index (χ0) is 20.4. The lowest BCUT2D eigenvalue weighted by atomic mass is 10.2. The molecule has 4 rings (SSSR count). The Labute approximate surface area is 176 Å². The summed E-state index contributed by atoms with van der Waals surface area (Å²) < 4.78 is 27.7.